The van der Waals surface area contributed by atoms with Gasteiger partial charge in [-0.2, -0.15) is 0 Å². The normalized spacial score (nSPS) is 2.25. The maximum atomic E-state index is 8.34. The van der Waals surface area contributed by atoms with Crippen LogP contribution in [0.1, 0.15) is 0 Å². The van der Waals surface area contributed by atoms with E-state index in [0.717, 1.165) is 0 Å². The van der Waals surface area contributed by atoms with Crippen molar-refractivity contribution in [3.8, 4) is 0 Å². The number of hydrogen-bond donors (Lipinski definition) is 0. The summed E-state index contributed by atoms with van der Waals surface area (Å²) >= 11 is 1.47. The first-order chi connectivity index (χ1) is 2.00. The summed E-state index contributed by atoms with van der Waals surface area (Å²) in [7, 11) is 0. The van der Waals surface area contributed by atoms with E-state index in [0.29, 0.717) is 24.7 Å². The molecule has 0 aliphatic carbocycles. The van der Waals surface area contributed by atoms with E-state index < -0.39 is 0 Å². The molecule has 0 heterocycles. The first kappa shape index (κ1) is 9.21. The molecule has 0 rings (SSSR count). The van der Waals surface area contributed by atoms with Crippen molar-refractivity contribution in [3.63, 3.8) is 0 Å². The molecule has 0 saturated heterocycles. The Morgan fingerprint density at radius 3 is 1.25 bits per heavy atom. The van der Waals surface area contributed by atoms with E-state index in [1.807, 2.05) is 0 Å². The van der Waals surface area contributed by atoms with Crippen molar-refractivity contribution in [2.24, 2.45) is 0 Å². The molecule has 2 nitrogen and oxygen atoms in total. The summed E-state index contributed by atoms with van der Waals surface area (Å²) in [6.45, 7) is 0. The van der Waals surface area contributed by atoms with Crippen molar-refractivity contribution in [3.05, 3.63) is 0 Å². The maximum absolute atomic E-state index is 8.34. The predicted octanol–water partition coefficient (Wildman–Crippen LogP) is -0.240. The van der Waals surface area contributed by atoms with Crippen molar-refractivity contribution in [2.75, 3.05) is 0 Å². The fourth-order valence-electron chi connectivity index (χ4n) is 0. The summed E-state index contributed by atoms with van der Waals surface area (Å²) in [6.07, 6.45) is 0. The van der Waals surface area contributed by atoms with Crippen molar-refractivity contribution in [1.29, 1.82) is 0 Å². The number of rotatable bonds is 0. The molecule has 4 heteroatoms. The Morgan fingerprint density at radius 1 is 1.25 bits per heavy atom. The van der Waals surface area contributed by atoms with Crippen LogP contribution in [0, 0.1) is 35.5 Å². The van der Waals surface area contributed by atoms with Gasteiger partial charge in [-0.15, -0.1) is 0 Å². The fourth-order valence-corrected chi connectivity index (χ4v) is 0. The van der Waals surface area contributed by atoms with E-state index in [4.69, 9.17) is 4.30 Å². The van der Waals surface area contributed by atoms with Gasteiger partial charge in [0.1, 0.15) is 0 Å². The Labute approximate surface area is 63.3 Å². The molecule has 4 heavy (non-hydrogen) atoms. The molecule has 0 aromatic rings. The molecule has 0 amide bonds. The van der Waals surface area contributed by atoms with Gasteiger partial charge in [0, 0.05) is 0 Å². The van der Waals surface area contributed by atoms with Crippen molar-refractivity contribution >= 4 is 0 Å². The molecular formula is ErO2Zr. The van der Waals surface area contributed by atoms with Crippen molar-refractivity contribution in [2.45, 2.75) is 0 Å². The van der Waals surface area contributed by atoms with Crippen molar-refractivity contribution < 1.29 is 64.5 Å². The molecule has 0 aromatic heterocycles. The van der Waals surface area contributed by atoms with E-state index in [1.54, 1.807) is 0 Å². The Hall–Kier alpha value is 1.73. The Bertz CT molecular complexity index is 8.00. The first-order valence-electron chi connectivity index (χ1n) is 0.322. The first-order valence-corrected chi connectivity index (χ1v) is 2.08. The van der Waals surface area contributed by atoms with Gasteiger partial charge in [0.15, 0.2) is 0 Å². The molecule has 0 aliphatic heterocycles. The number of hydrogen-bond acceptors (Lipinski definition) is 2. The Balaban J connectivity index is 0. The molecule has 0 N–H and O–H groups in total. The van der Waals surface area contributed by atoms with E-state index >= 15 is 0 Å². The summed E-state index contributed by atoms with van der Waals surface area (Å²) in [5.41, 5.74) is 0. The van der Waals surface area contributed by atoms with E-state index in [2.05, 4.69) is 0 Å². The summed E-state index contributed by atoms with van der Waals surface area (Å²) in [5, 5.41) is 0. The standard InChI is InChI=1S/Er.2O.Zr. The van der Waals surface area contributed by atoms with Gasteiger partial charge < -0.3 is 0 Å². The molecule has 0 unspecified atom stereocenters. The SMILES string of the molecule is [O]=[Er].[O]=[Zr]. The summed E-state index contributed by atoms with van der Waals surface area (Å²) < 4.78 is 16.5. The molecule has 0 bridgehead atoms. The molecular weight excluding hydrogens is 290 g/mol. The zero-order valence-electron chi connectivity index (χ0n) is 1.61. The monoisotopic (exact) mass is 288 g/mol. The molecule has 0 spiro atoms. The van der Waals surface area contributed by atoms with Gasteiger partial charge >= 0.3 is 64.5 Å². The second-order valence-electron chi connectivity index (χ2n) is 0. The van der Waals surface area contributed by atoms with Gasteiger partial charge in [-0.3, -0.25) is 0 Å². The second-order valence-corrected chi connectivity index (χ2v) is 0. The minimum atomic E-state index is 0.300. The zero-order valence-corrected chi connectivity index (χ0v) is 5.92. The van der Waals surface area contributed by atoms with Crippen LogP contribution in [0.2, 0.25) is 0 Å². The molecule has 0 saturated carbocycles. The summed E-state index contributed by atoms with van der Waals surface area (Å²) in [6, 6.07) is 0. The second kappa shape index (κ2) is 22.0. The third kappa shape index (κ3) is 9.29. The van der Waals surface area contributed by atoms with Crippen LogP contribution < -0.4 is 0 Å². The molecule has 28 valence electrons. The van der Waals surface area contributed by atoms with Crippen LogP contribution in [0.4, 0.5) is 0 Å². The van der Waals surface area contributed by atoms with E-state index in [-0.39, 0.29) is 0 Å². The van der Waals surface area contributed by atoms with E-state index in [9.17, 15) is 0 Å². The minimum absolute atomic E-state index is 0.300. The van der Waals surface area contributed by atoms with E-state index in [1.165, 1.54) is 35.5 Å². The van der Waals surface area contributed by atoms with Gasteiger partial charge in [-0.25, -0.2) is 0 Å². The summed E-state index contributed by atoms with van der Waals surface area (Å²) in [4.78, 5) is 0. The zero-order chi connectivity index (χ0) is 4.00. The molecule has 0 aromatic carbocycles. The molecule has 0 atom stereocenters. The van der Waals surface area contributed by atoms with Gasteiger partial charge in [0.25, 0.3) is 0 Å². The average Bonchev–Trinajstić information content (AvgIpc) is 1.50. The Kier molecular flexibility index (Phi) is 50.7. The summed E-state index contributed by atoms with van der Waals surface area (Å²) in [5.74, 6) is 0. The van der Waals surface area contributed by atoms with Crippen LogP contribution in [0.3, 0.4) is 0 Å². The molecule has 0 radical (unpaired) electrons. The van der Waals surface area contributed by atoms with Crippen LogP contribution in [0.15, 0.2) is 0 Å². The van der Waals surface area contributed by atoms with Crippen LogP contribution in [0.5, 0.6) is 0 Å². The van der Waals surface area contributed by atoms with Gasteiger partial charge in [-0.1, -0.05) is 0 Å². The quantitative estimate of drug-likeness (QED) is 0.617. The van der Waals surface area contributed by atoms with Gasteiger partial charge in [-0.05, 0) is 0 Å². The predicted molar refractivity (Wildman–Crippen MR) is 1.37 cm³/mol. The van der Waals surface area contributed by atoms with Crippen LogP contribution in [-0.2, 0) is 29.0 Å². The van der Waals surface area contributed by atoms with Crippen LogP contribution in [0.25, 0.3) is 0 Å². The van der Waals surface area contributed by atoms with Gasteiger partial charge in [0.2, 0.25) is 0 Å². The third-order valence-electron chi connectivity index (χ3n) is 0. The van der Waals surface area contributed by atoms with Gasteiger partial charge in [0.05, 0.1) is 0 Å². The molecule has 0 aliphatic rings. The fraction of sp³-hybridized carbons (Fsp3) is 0. The topological polar surface area (TPSA) is 34.1 Å². The third-order valence-corrected chi connectivity index (χ3v) is 0. The Morgan fingerprint density at radius 2 is 1.25 bits per heavy atom. The van der Waals surface area contributed by atoms with Crippen LogP contribution in [-0.4, -0.2) is 0 Å². The average molecular weight is 290 g/mol. The molecule has 0 fully saturated rings. The van der Waals surface area contributed by atoms with Crippen molar-refractivity contribution in [1.82, 2.24) is 0 Å². The van der Waals surface area contributed by atoms with Crippen LogP contribution >= 0.6 is 0 Å².